The highest BCUT2D eigenvalue weighted by molar-refractivity contribution is 9.10. The summed E-state index contributed by atoms with van der Waals surface area (Å²) in [5.41, 5.74) is 2.53. The van der Waals surface area contributed by atoms with Crippen LogP contribution in [0.1, 0.15) is 37.3 Å². The highest BCUT2D eigenvalue weighted by atomic mass is 79.9. The van der Waals surface area contributed by atoms with Crippen LogP contribution in [0, 0.1) is 0 Å². The van der Waals surface area contributed by atoms with E-state index in [1.54, 1.807) is 0 Å². The Hall–Kier alpha value is -0.840. The molecule has 4 heteroatoms. The fraction of sp³-hybridized carbons (Fsp3) is 0.412. The van der Waals surface area contributed by atoms with Crippen LogP contribution >= 0.6 is 27.3 Å². The van der Waals surface area contributed by atoms with Crippen LogP contribution in [0.4, 0.5) is 5.69 Å². The second kappa shape index (κ2) is 7.43. The molecule has 1 unspecified atom stereocenters. The number of hydrogen-bond acceptors (Lipinski definition) is 3. The van der Waals surface area contributed by atoms with E-state index in [1.165, 1.54) is 20.6 Å². The number of benzene rings is 1. The molecule has 2 nitrogen and oxygen atoms in total. The SMILES string of the molecule is CC(C)NCc1ccc(N(C)C(C)c2cccs2)cc1Br. The van der Waals surface area contributed by atoms with Gasteiger partial charge in [-0.05, 0) is 36.1 Å². The predicted octanol–water partition coefficient (Wildman–Crippen LogP) is 5.21. The molecule has 21 heavy (non-hydrogen) atoms. The van der Waals surface area contributed by atoms with Gasteiger partial charge in [0.2, 0.25) is 0 Å². The number of anilines is 1. The summed E-state index contributed by atoms with van der Waals surface area (Å²) in [4.78, 5) is 3.70. The van der Waals surface area contributed by atoms with Crippen LogP contribution in [0.2, 0.25) is 0 Å². The van der Waals surface area contributed by atoms with Gasteiger partial charge in [-0.15, -0.1) is 11.3 Å². The van der Waals surface area contributed by atoms with Gasteiger partial charge in [0, 0.05) is 34.7 Å². The third-order valence-corrected chi connectivity index (χ3v) is 5.46. The van der Waals surface area contributed by atoms with Crippen molar-refractivity contribution in [3.8, 4) is 0 Å². The van der Waals surface area contributed by atoms with Gasteiger partial charge < -0.3 is 10.2 Å². The Morgan fingerprint density at radius 3 is 2.57 bits per heavy atom. The van der Waals surface area contributed by atoms with Crippen LogP contribution in [0.15, 0.2) is 40.2 Å². The lowest BCUT2D eigenvalue weighted by molar-refractivity contribution is 0.588. The van der Waals surface area contributed by atoms with Gasteiger partial charge in [-0.1, -0.05) is 41.9 Å². The highest BCUT2D eigenvalue weighted by Gasteiger charge is 2.14. The molecule has 0 radical (unpaired) electrons. The second-order valence-electron chi connectivity index (χ2n) is 5.61. The first-order valence-electron chi connectivity index (χ1n) is 7.27. The Morgan fingerprint density at radius 1 is 1.24 bits per heavy atom. The van der Waals surface area contributed by atoms with Crippen molar-refractivity contribution in [2.45, 2.75) is 39.4 Å². The van der Waals surface area contributed by atoms with Gasteiger partial charge in [0.15, 0.2) is 0 Å². The Morgan fingerprint density at radius 2 is 2.00 bits per heavy atom. The summed E-state index contributed by atoms with van der Waals surface area (Å²) in [5.74, 6) is 0. The molecule has 1 atom stereocenters. The Bertz CT molecular complexity index is 566. The van der Waals surface area contributed by atoms with Gasteiger partial charge in [0.25, 0.3) is 0 Å². The first-order chi connectivity index (χ1) is 9.99. The third-order valence-electron chi connectivity index (χ3n) is 3.68. The average molecular weight is 367 g/mol. The molecule has 2 aromatic rings. The van der Waals surface area contributed by atoms with Crippen molar-refractivity contribution in [2.24, 2.45) is 0 Å². The lowest BCUT2D eigenvalue weighted by atomic mass is 10.1. The van der Waals surface area contributed by atoms with E-state index in [-0.39, 0.29) is 0 Å². The molecule has 0 bridgehead atoms. The predicted molar refractivity (Wildman–Crippen MR) is 97.3 cm³/mol. The van der Waals surface area contributed by atoms with Crippen molar-refractivity contribution >= 4 is 33.0 Å². The summed E-state index contributed by atoms with van der Waals surface area (Å²) < 4.78 is 1.17. The summed E-state index contributed by atoms with van der Waals surface area (Å²) in [6, 6.07) is 11.8. The molecule has 1 aromatic heterocycles. The van der Waals surface area contributed by atoms with E-state index in [0.717, 1.165) is 6.54 Å². The average Bonchev–Trinajstić information content (AvgIpc) is 2.98. The molecule has 0 aliphatic heterocycles. The van der Waals surface area contributed by atoms with Crippen molar-refractivity contribution in [2.75, 3.05) is 11.9 Å². The summed E-state index contributed by atoms with van der Waals surface area (Å²) in [7, 11) is 2.15. The maximum atomic E-state index is 3.70. The van der Waals surface area contributed by atoms with E-state index in [0.29, 0.717) is 12.1 Å². The highest BCUT2D eigenvalue weighted by Crippen LogP contribution is 2.30. The minimum Gasteiger partial charge on any atom is -0.367 e. The topological polar surface area (TPSA) is 15.3 Å². The van der Waals surface area contributed by atoms with E-state index < -0.39 is 0 Å². The Kier molecular flexibility index (Phi) is 5.85. The van der Waals surface area contributed by atoms with Gasteiger partial charge in [0.1, 0.15) is 0 Å². The molecule has 1 aromatic carbocycles. The summed E-state index contributed by atoms with van der Waals surface area (Å²) >= 11 is 5.51. The van der Waals surface area contributed by atoms with Crippen LogP contribution in [-0.4, -0.2) is 13.1 Å². The van der Waals surface area contributed by atoms with Crippen LogP contribution < -0.4 is 10.2 Å². The maximum absolute atomic E-state index is 3.70. The van der Waals surface area contributed by atoms with E-state index in [2.05, 4.69) is 89.7 Å². The maximum Gasteiger partial charge on any atom is 0.0603 e. The zero-order valence-electron chi connectivity index (χ0n) is 13.1. The summed E-state index contributed by atoms with van der Waals surface area (Å²) in [6.45, 7) is 7.47. The number of nitrogens with one attached hydrogen (secondary N) is 1. The van der Waals surface area contributed by atoms with Crippen molar-refractivity contribution in [1.82, 2.24) is 5.32 Å². The minimum absolute atomic E-state index is 0.386. The number of hydrogen-bond donors (Lipinski definition) is 1. The molecule has 0 aliphatic rings. The number of nitrogens with zero attached hydrogens (tertiary/aromatic N) is 1. The van der Waals surface area contributed by atoms with Gasteiger partial charge in [-0.25, -0.2) is 0 Å². The molecule has 2 rings (SSSR count). The standard InChI is InChI=1S/C17H23BrN2S/c1-12(2)19-11-14-7-8-15(10-16(14)18)20(4)13(3)17-6-5-9-21-17/h5-10,12-13,19H,11H2,1-4H3. The molecule has 1 N–H and O–H groups in total. The van der Waals surface area contributed by atoms with Crippen LogP contribution in [0.3, 0.4) is 0 Å². The molecule has 1 heterocycles. The minimum atomic E-state index is 0.386. The van der Waals surface area contributed by atoms with Crippen LogP contribution in [0.5, 0.6) is 0 Å². The molecular formula is C17H23BrN2S. The zero-order valence-corrected chi connectivity index (χ0v) is 15.5. The van der Waals surface area contributed by atoms with Gasteiger partial charge >= 0.3 is 0 Å². The van der Waals surface area contributed by atoms with E-state index >= 15 is 0 Å². The molecule has 0 fully saturated rings. The fourth-order valence-electron chi connectivity index (χ4n) is 2.16. The van der Waals surface area contributed by atoms with E-state index in [4.69, 9.17) is 0 Å². The van der Waals surface area contributed by atoms with Crippen LogP contribution in [-0.2, 0) is 6.54 Å². The number of thiophene rings is 1. The fourth-order valence-corrected chi connectivity index (χ4v) is 3.49. The first kappa shape index (κ1) is 16.5. The number of halogens is 1. The molecule has 0 saturated carbocycles. The van der Waals surface area contributed by atoms with Crippen molar-refractivity contribution in [3.63, 3.8) is 0 Å². The van der Waals surface area contributed by atoms with Gasteiger partial charge in [-0.2, -0.15) is 0 Å². The molecular weight excluding hydrogens is 344 g/mol. The molecule has 0 saturated heterocycles. The molecule has 114 valence electrons. The number of rotatable bonds is 6. The summed E-state index contributed by atoms with van der Waals surface area (Å²) in [6.07, 6.45) is 0. The quantitative estimate of drug-likeness (QED) is 0.754. The third kappa shape index (κ3) is 4.31. The van der Waals surface area contributed by atoms with Crippen molar-refractivity contribution in [1.29, 1.82) is 0 Å². The first-order valence-corrected chi connectivity index (χ1v) is 8.94. The van der Waals surface area contributed by atoms with Gasteiger partial charge in [0.05, 0.1) is 6.04 Å². The Balaban J connectivity index is 2.12. The largest absolute Gasteiger partial charge is 0.367 e. The van der Waals surface area contributed by atoms with Crippen LogP contribution in [0.25, 0.3) is 0 Å². The van der Waals surface area contributed by atoms with Crippen molar-refractivity contribution in [3.05, 3.63) is 50.6 Å². The summed E-state index contributed by atoms with van der Waals surface area (Å²) in [5, 5.41) is 5.59. The lowest BCUT2D eigenvalue weighted by Crippen LogP contribution is -2.23. The smallest absolute Gasteiger partial charge is 0.0603 e. The molecule has 0 amide bonds. The monoisotopic (exact) mass is 366 g/mol. The van der Waals surface area contributed by atoms with E-state index in [1.807, 2.05) is 11.3 Å². The Labute approximate surface area is 140 Å². The van der Waals surface area contributed by atoms with Crippen molar-refractivity contribution < 1.29 is 0 Å². The molecule has 0 aliphatic carbocycles. The van der Waals surface area contributed by atoms with E-state index in [9.17, 15) is 0 Å². The second-order valence-corrected chi connectivity index (χ2v) is 7.45. The normalized spacial score (nSPS) is 12.7. The zero-order chi connectivity index (χ0) is 15.4. The van der Waals surface area contributed by atoms with Gasteiger partial charge in [-0.3, -0.25) is 0 Å². The lowest BCUT2D eigenvalue weighted by Gasteiger charge is -2.27. The molecule has 0 spiro atoms.